The molecule has 0 fully saturated rings. The molecule has 1 N–H and O–H groups in total. The molecule has 68 valence electrons. The second-order valence-corrected chi connectivity index (χ2v) is 3.67. The van der Waals surface area contributed by atoms with Gasteiger partial charge in [0, 0.05) is 0 Å². The Morgan fingerprint density at radius 3 is 2.85 bits per heavy atom. The largest absolute Gasteiger partial charge is 0.306 e. The first-order chi connectivity index (χ1) is 6.13. The van der Waals surface area contributed by atoms with E-state index >= 15 is 0 Å². The number of aryl methyl sites for hydroxylation is 1. The van der Waals surface area contributed by atoms with E-state index in [0.717, 1.165) is 5.56 Å². The molecule has 1 unspecified atom stereocenters. The third-order valence-corrected chi connectivity index (χ3v) is 2.22. The van der Waals surface area contributed by atoms with Gasteiger partial charge < -0.3 is 4.55 Å². The number of nitrogens with zero attached hydrogens (tertiary/aromatic N) is 1. The number of hydrogen-bond donors (Lipinski definition) is 1. The lowest BCUT2D eigenvalue weighted by Crippen LogP contribution is -1.96. The highest BCUT2D eigenvalue weighted by Crippen LogP contribution is 2.12. The molecule has 0 aromatic heterocycles. The molecule has 0 bridgehead atoms. The average molecular weight is 195 g/mol. The van der Waals surface area contributed by atoms with E-state index in [2.05, 4.69) is 0 Å². The van der Waals surface area contributed by atoms with Crippen molar-refractivity contribution < 1.29 is 8.76 Å². The Hall–Kier alpha value is -1.18. The van der Waals surface area contributed by atoms with Gasteiger partial charge in [-0.25, -0.2) is 4.21 Å². The van der Waals surface area contributed by atoms with Gasteiger partial charge in [-0.3, -0.25) is 0 Å². The first-order valence-electron chi connectivity index (χ1n) is 3.70. The zero-order valence-corrected chi connectivity index (χ0v) is 7.97. The average Bonchev–Trinajstić information content (AvgIpc) is 2.03. The lowest BCUT2D eigenvalue weighted by molar-refractivity contribution is 0.563. The monoisotopic (exact) mass is 195 g/mol. The van der Waals surface area contributed by atoms with Gasteiger partial charge in [-0.1, -0.05) is 17.7 Å². The van der Waals surface area contributed by atoms with Crippen LogP contribution in [0.4, 0.5) is 0 Å². The van der Waals surface area contributed by atoms with Gasteiger partial charge in [-0.2, -0.15) is 5.26 Å². The van der Waals surface area contributed by atoms with Crippen LogP contribution in [-0.4, -0.2) is 8.76 Å². The molecule has 3 nitrogen and oxygen atoms in total. The van der Waals surface area contributed by atoms with Gasteiger partial charge in [0.2, 0.25) is 0 Å². The molecule has 1 rings (SSSR count). The van der Waals surface area contributed by atoms with E-state index in [1.807, 2.05) is 19.1 Å². The van der Waals surface area contributed by atoms with Crippen LogP contribution in [0.1, 0.15) is 16.7 Å². The van der Waals surface area contributed by atoms with Crippen molar-refractivity contribution in [2.45, 2.75) is 12.7 Å². The smallest absolute Gasteiger partial charge is 0.157 e. The molecule has 4 heteroatoms. The van der Waals surface area contributed by atoms with Crippen molar-refractivity contribution >= 4 is 11.1 Å². The van der Waals surface area contributed by atoms with E-state index in [9.17, 15) is 4.21 Å². The SMILES string of the molecule is Cc1ccc(C#N)c(CS(=O)O)c1. The van der Waals surface area contributed by atoms with Crippen molar-refractivity contribution in [1.29, 1.82) is 5.26 Å². The Morgan fingerprint density at radius 1 is 1.62 bits per heavy atom. The molecule has 0 aliphatic rings. The molecule has 0 spiro atoms. The standard InChI is InChI=1S/C9H9NO2S/c1-7-2-3-8(5-10)9(4-7)6-13(11)12/h2-4H,6H2,1H3,(H,11,12). The van der Waals surface area contributed by atoms with E-state index in [-0.39, 0.29) is 5.75 Å². The first-order valence-corrected chi connectivity index (χ1v) is 4.98. The lowest BCUT2D eigenvalue weighted by atomic mass is 10.1. The molecule has 0 aliphatic carbocycles. The third kappa shape index (κ3) is 2.65. The molecule has 0 saturated heterocycles. The molecular weight excluding hydrogens is 186 g/mol. The zero-order chi connectivity index (χ0) is 9.84. The van der Waals surface area contributed by atoms with Crippen LogP contribution in [0.15, 0.2) is 18.2 Å². The summed E-state index contributed by atoms with van der Waals surface area (Å²) < 4.78 is 19.2. The Labute approximate surface area is 79.3 Å². The molecule has 0 saturated carbocycles. The van der Waals surface area contributed by atoms with Crippen LogP contribution in [0.2, 0.25) is 0 Å². The van der Waals surface area contributed by atoms with Gasteiger partial charge in [0.1, 0.15) is 0 Å². The maximum absolute atomic E-state index is 10.5. The van der Waals surface area contributed by atoms with Gasteiger partial charge in [-0.15, -0.1) is 0 Å². The summed E-state index contributed by atoms with van der Waals surface area (Å²) in [4.78, 5) is 0. The summed E-state index contributed by atoms with van der Waals surface area (Å²) in [5.74, 6) is 0.0184. The predicted molar refractivity (Wildman–Crippen MR) is 50.4 cm³/mol. The summed E-state index contributed by atoms with van der Waals surface area (Å²) in [5, 5.41) is 8.69. The van der Waals surface area contributed by atoms with Gasteiger partial charge in [0.05, 0.1) is 17.4 Å². The van der Waals surface area contributed by atoms with Gasteiger partial charge in [-0.05, 0) is 18.6 Å². The second-order valence-electron chi connectivity index (χ2n) is 2.74. The van der Waals surface area contributed by atoms with Crippen molar-refractivity contribution in [1.82, 2.24) is 0 Å². The van der Waals surface area contributed by atoms with Crippen molar-refractivity contribution in [3.8, 4) is 6.07 Å². The minimum atomic E-state index is -1.89. The van der Waals surface area contributed by atoms with Crippen LogP contribution < -0.4 is 0 Å². The van der Waals surface area contributed by atoms with Crippen molar-refractivity contribution in [3.63, 3.8) is 0 Å². The van der Waals surface area contributed by atoms with Crippen LogP contribution >= 0.6 is 0 Å². The summed E-state index contributed by atoms with van der Waals surface area (Å²) >= 11 is -1.89. The van der Waals surface area contributed by atoms with E-state index in [1.165, 1.54) is 0 Å². The Bertz CT molecular complexity index is 382. The van der Waals surface area contributed by atoms with Gasteiger partial charge in [0.25, 0.3) is 0 Å². The quantitative estimate of drug-likeness (QED) is 0.729. The Kier molecular flexibility index (Phi) is 3.18. The highest BCUT2D eigenvalue weighted by molar-refractivity contribution is 7.78. The minimum Gasteiger partial charge on any atom is -0.306 e. The summed E-state index contributed by atoms with van der Waals surface area (Å²) in [7, 11) is 0. The summed E-state index contributed by atoms with van der Waals surface area (Å²) in [6.45, 7) is 1.88. The van der Waals surface area contributed by atoms with Crippen molar-refractivity contribution in [2.75, 3.05) is 0 Å². The molecule has 1 atom stereocenters. The lowest BCUT2D eigenvalue weighted by Gasteiger charge is -2.01. The summed E-state index contributed by atoms with van der Waals surface area (Å²) in [5.41, 5.74) is 2.08. The molecule has 1 aromatic rings. The van der Waals surface area contributed by atoms with Gasteiger partial charge >= 0.3 is 0 Å². The second kappa shape index (κ2) is 4.17. The topological polar surface area (TPSA) is 61.1 Å². The molecular formula is C9H9NO2S. The highest BCUT2D eigenvalue weighted by atomic mass is 32.2. The van der Waals surface area contributed by atoms with Gasteiger partial charge in [0.15, 0.2) is 11.1 Å². The number of benzene rings is 1. The third-order valence-electron chi connectivity index (χ3n) is 1.66. The van der Waals surface area contributed by atoms with E-state index in [0.29, 0.717) is 11.1 Å². The minimum absolute atomic E-state index is 0.0184. The maximum atomic E-state index is 10.5. The molecule has 13 heavy (non-hydrogen) atoms. The molecule has 0 amide bonds. The first kappa shape index (κ1) is 9.90. The van der Waals surface area contributed by atoms with E-state index in [1.54, 1.807) is 12.1 Å². The fourth-order valence-corrected chi connectivity index (χ4v) is 1.59. The maximum Gasteiger partial charge on any atom is 0.157 e. The Balaban J connectivity index is 3.10. The normalized spacial score (nSPS) is 12.1. The number of nitriles is 1. The van der Waals surface area contributed by atoms with Crippen LogP contribution in [0, 0.1) is 18.3 Å². The van der Waals surface area contributed by atoms with Crippen molar-refractivity contribution in [3.05, 3.63) is 34.9 Å². The molecule has 0 heterocycles. The predicted octanol–water partition coefficient (Wildman–Crippen LogP) is 1.59. The molecule has 0 radical (unpaired) electrons. The van der Waals surface area contributed by atoms with Crippen LogP contribution in [0.25, 0.3) is 0 Å². The van der Waals surface area contributed by atoms with Crippen molar-refractivity contribution in [2.24, 2.45) is 0 Å². The highest BCUT2D eigenvalue weighted by Gasteiger charge is 2.04. The fourth-order valence-electron chi connectivity index (χ4n) is 1.08. The van der Waals surface area contributed by atoms with Crippen LogP contribution in [-0.2, 0) is 16.8 Å². The van der Waals surface area contributed by atoms with Crippen LogP contribution in [0.3, 0.4) is 0 Å². The van der Waals surface area contributed by atoms with E-state index < -0.39 is 11.1 Å². The van der Waals surface area contributed by atoms with E-state index in [4.69, 9.17) is 9.81 Å². The summed E-state index contributed by atoms with van der Waals surface area (Å²) in [6, 6.07) is 7.21. The summed E-state index contributed by atoms with van der Waals surface area (Å²) in [6.07, 6.45) is 0. The number of hydrogen-bond acceptors (Lipinski definition) is 2. The molecule has 1 aromatic carbocycles. The number of rotatable bonds is 2. The van der Waals surface area contributed by atoms with Crippen LogP contribution in [0.5, 0.6) is 0 Å². The fraction of sp³-hybridized carbons (Fsp3) is 0.222. The zero-order valence-electron chi connectivity index (χ0n) is 7.15. The Morgan fingerprint density at radius 2 is 2.31 bits per heavy atom. The molecule has 0 aliphatic heterocycles.